The van der Waals surface area contributed by atoms with Gasteiger partial charge in [-0.05, 0) is 94.3 Å². The number of carbonyl (C=O) groups is 1. The van der Waals surface area contributed by atoms with Crippen LogP contribution in [0.3, 0.4) is 0 Å². The summed E-state index contributed by atoms with van der Waals surface area (Å²) in [4.78, 5) is 13.3. The number of nitrogens with zero attached hydrogens (tertiary/aromatic N) is 1. The lowest BCUT2D eigenvalue weighted by Crippen LogP contribution is -2.52. The Hall–Kier alpha value is -0.960. The van der Waals surface area contributed by atoms with Crippen LogP contribution < -0.4 is 0 Å². The molecule has 2 N–H and O–H groups in total. The molecule has 4 aliphatic rings. The summed E-state index contributed by atoms with van der Waals surface area (Å²) in [5.74, 6) is 2.94. The maximum absolute atomic E-state index is 13.3. The molecular weight excluding hydrogens is 366 g/mol. The minimum atomic E-state index is -1.42. The summed E-state index contributed by atoms with van der Waals surface area (Å²) in [7, 11) is 1.67. The lowest BCUT2D eigenvalue weighted by Gasteiger charge is -2.55. The second-order valence-electron chi connectivity index (χ2n) is 11.2. The Morgan fingerprint density at radius 3 is 2.62 bits per heavy atom. The number of fused-ring (bicyclic) bond motifs is 5. The van der Waals surface area contributed by atoms with Crippen LogP contribution >= 0.6 is 0 Å². The fourth-order valence-electron chi connectivity index (χ4n) is 8.00. The maximum atomic E-state index is 13.3. The first-order valence-electron chi connectivity index (χ1n) is 11.5. The fourth-order valence-corrected chi connectivity index (χ4v) is 8.00. The summed E-state index contributed by atoms with van der Waals surface area (Å²) in [5, 5.41) is 30.4. The van der Waals surface area contributed by atoms with Crippen LogP contribution in [0.4, 0.5) is 0 Å². The third kappa shape index (κ3) is 3.56. The molecule has 0 aromatic carbocycles. The molecule has 0 radical (unpaired) electrons. The molecule has 29 heavy (non-hydrogen) atoms. The topological polar surface area (TPSA) is 90.6 Å². The van der Waals surface area contributed by atoms with Gasteiger partial charge in [0, 0.05) is 18.4 Å². The van der Waals surface area contributed by atoms with E-state index in [4.69, 9.17) is 4.74 Å². The van der Waals surface area contributed by atoms with E-state index in [1.165, 1.54) is 6.92 Å². The van der Waals surface area contributed by atoms with E-state index in [0.29, 0.717) is 36.2 Å². The molecule has 0 saturated heterocycles. The van der Waals surface area contributed by atoms with Gasteiger partial charge in [-0.3, -0.25) is 4.79 Å². The van der Waals surface area contributed by atoms with Gasteiger partial charge in [-0.2, -0.15) is 5.26 Å². The fraction of sp³-hybridized carbons (Fsp3) is 0.917. The van der Waals surface area contributed by atoms with Gasteiger partial charge in [0.2, 0.25) is 0 Å². The lowest BCUT2D eigenvalue weighted by atomic mass is 9.50. The van der Waals surface area contributed by atoms with E-state index in [1.54, 1.807) is 7.11 Å². The van der Waals surface area contributed by atoms with Gasteiger partial charge in [0.05, 0.1) is 18.3 Å². The van der Waals surface area contributed by atoms with Crippen molar-refractivity contribution in [3.05, 3.63) is 0 Å². The van der Waals surface area contributed by atoms with E-state index in [1.807, 2.05) is 6.07 Å². The summed E-state index contributed by atoms with van der Waals surface area (Å²) in [6.07, 6.45) is 8.16. The molecule has 162 valence electrons. The van der Waals surface area contributed by atoms with Gasteiger partial charge in [0.1, 0.15) is 11.4 Å². The van der Waals surface area contributed by atoms with Crippen LogP contribution in [0.5, 0.6) is 0 Å². The van der Waals surface area contributed by atoms with Crippen molar-refractivity contribution in [3.8, 4) is 6.07 Å². The number of hydrogen-bond donors (Lipinski definition) is 2. The quantitative estimate of drug-likeness (QED) is 0.702. The van der Waals surface area contributed by atoms with E-state index < -0.39 is 11.2 Å². The maximum Gasteiger partial charge on any atom is 0.149 e. The number of hydrogen-bond acceptors (Lipinski definition) is 5. The van der Waals surface area contributed by atoms with Crippen molar-refractivity contribution < 1.29 is 19.7 Å². The number of aliphatic hydroxyl groups is 2. The lowest BCUT2D eigenvalue weighted by molar-refractivity contribution is -0.140. The van der Waals surface area contributed by atoms with Gasteiger partial charge >= 0.3 is 0 Å². The molecule has 9 atom stereocenters. The Bertz CT molecular complexity index is 699. The number of rotatable bonds is 4. The number of ether oxygens (including phenoxy) is 1. The summed E-state index contributed by atoms with van der Waals surface area (Å²) in [5.41, 5.74) is -2.37. The van der Waals surface area contributed by atoms with Crippen molar-refractivity contribution in [3.63, 3.8) is 0 Å². The molecule has 0 bridgehead atoms. The predicted octanol–water partition coefficient (Wildman–Crippen LogP) is 3.48. The third-order valence-electron chi connectivity index (χ3n) is 9.26. The molecule has 4 aliphatic carbocycles. The number of methoxy groups -OCH3 is 1. The van der Waals surface area contributed by atoms with Crippen LogP contribution in [0.25, 0.3) is 0 Å². The monoisotopic (exact) mass is 403 g/mol. The van der Waals surface area contributed by atoms with Crippen molar-refractivity contribution in [2.45, 2.75) is 82.8 Å². The minimum Gasteiger partial charge on any atom is -0.387 e. The summed E-state index contributed by atoms with van der Waals surface area (Å²) >= 11 is 0. The smallest absolute Gasteiger partial charge is 0.149 e. The average Bonchev–Trinajstić information content (AvgIpc) is 2.92. The van der Waals surface area contributed by atoms with Crippen LogP contribution in [0.15, 0.2) is 0 Å². The van der Waals surface area contributed by atoms with Crippen molar-refractivity contribution in [1.82, 2.24) is 0 Å². The normalized spacial score (nSPS) is 48.8. The predicted molar refractivity (Wildman–Crippen MR) is 109 cm³/mol. The number of Topliss-reactive ketones (excluding diaryl/α,β-unsaturated/α-hetero) is 1. The molecular formula is C24H37NO4. The molecule has 5 heteroatoms. The van der Waals surface area contributed by atoms with Crippen LogP contribution in [-0.4, -0.2) is 40.9 Å². The Kier molecular flexibility index (Phi) is 5.37. The van der Waals surface area contributed by atoms with E-state index in [0.717, 1.165) is 51.4 Å². The van der Waals surface area contributed by atoms with Gasteiger partial charge in [0.25, 0.3) is 0 Å². The minimum absolute atomic E-state index is 0.186. The number of carbonyl (C=O) groups excluding carboxylic acids is 1. The van der Waals surface area contributed by atoms with Gasteiger partial charge in [-0.15, -0.1) is 0 Å². The highest BCUT2D eigenvalue weighted by Gasteiger charge is 2.60. The molecule has 4 fully saturated rings. The summed E-state index contributed by atoms with van der Waals surface area (Å²) < 4.78 is 5.28. The Morgan fingerprint density at radius 2 is 1.93 bits per heavy atom. The Morgan fingerprint density at radius 1 is 1.21 bits per heavy atom. The molecule has 2 unspecified atom stereocenters. The van der Waals surface area contributed by atoms with Crippen LogP contribution in [0.2, 0.25) is 0 Å². The zero-order chi connectivity index (χ0) is 21.0. The standard InChI is InChI=1S/C24H37NO4/c1-22(27,13-25)11-16-10-20-19-5-4-15-12-24(28,14-29-3)9-7-17(15)18(19)6-8-23(20,2)21(16)26/h15-20,27-28H,4-12,14H2,1-3H3/t15-,16?,17+,18-,19-,20+,22?,23+,24-/m1/s1. The van der Waals surface area contributed by atoms with Crippen molar-refractivity contribution in [1.29, 1.82) is 5.26 Å². The highest BCUT2D eigenvalue weighted by atomic mass is 16.5. The van der Waals surface area contributed by atoms with Crippen molar-refractivity contribution in [2.24, 2.45) is 40.9 Å². The van der Waals surface area contributed by atoms with Crippen LogP contribution in [0, 0.1) is 52.3 Å². The third-order valence-corrected chi connectivity index (χ3v) is 9.26. The number of nitriles is 1. The highest BCUT2D eigenvalue weighted by Crippen LogP contribution is 2.63. The second-order valence-corrected chi connectivity index (χ2v) is 11.2. The SMILES string of the molecule is COC[C@@]1(O)CC[C@H]2[C@H](CC[C@@H]3[C@@H]2CC[C@]2(C)C(=O)C(CC(C)(O)C#N)C[C@@H]32)C1. The highest BCUT2D eigenvalue weighted by molar-refractivity contribution is 5.89. The Labute approximate surface area is 174 Å². The first-order chi connectivity index (χ1) is 13.6. The van der Waals surface area contributed by atoms with Crippen molar-refractivity contribution >= 4 is 5.78 Å². The van der Waals surface area contributed by atoms with E-state index >= 15 is 0 Å². The molecule has 0 aromatic heterocycles. The molecule has 0 spiro atoms. The van der Waals surface area contributed by atoms with Crippen LogP contribution in [0.1, 0.15) is 71.6 Å². The Balaban J connectivity index is 1.50. The molecule has 5 nitrogen and oxygen atoms in total. The number of ketones is 1. The largest absolute Gasteiger partial charge is 0.387 e. The van der Waals surface area contributed by atoms with Gasteiger partial charge in [-0.1, -0.05) is 6.92 Å². The first-order valence-corrected chi connectivity index (χ1v) is 11.5. The van der Waals surface area contributed by atoms with Gasteiger partial charge < -0.3 is 14.9 Å². The van der Waals surface area contributed by atoms with E-state index in [9.17, 15) is 20.3 Å². The summed E-state index contributed by atoms with van der Waals surface area (Å²) in [6, 6.07) is 1.96. The molecule has 4 saturated carbocycles. The first kappa shape index (κ1) is 21.3. The van der Waals surface area contributed by atoms with Crippen LogP contribution in [-0.2, 0) is 9.53 Å². The molecule has 0 aliphatic heterocycles. The van der Waals surface area contributed by atoms with E-state index in [-0.39, 0.29) is 23.5 Å². The molecule has 0 heterocycles. The molecule has 0 aromatic rings. The van der Waals surface area contributed by atoms with Gasteiger partial charge in [0.15, 0.2) is 0 Å². The average molecular weight is 404 g/mol. The zero-order valence-electron chi connectivity index (χ0n) is 18.2. The zero-order valence-corrected chi connectivity index (χ0v) is 18.2. The second kappa shape index (κ2) is 7.32. The summed E-state index contributed by atoms with van der Waals surface area (Å²) in [6.45, 7) is 4.11. The molecule has 0 amide bonds. The van der Waals surface area contributed by atoms with Crippen molar-refractivity contribution in [2.75, 3.05) is 13.7 Å². The molecule has 4 rings (SSSR count). The van der Waals surface area contributed by atoms with E-state index in [2.05, 4.69) is 6.92 Å². The van der Waals surface area contributed by atoms with Gasteiger partial charge in [-0.25, -0.2) is 0 Å².